The Hall–Kier alpha value is -4.67. The van der Waals surface area contributed by atoms with E-state index >= 15 is 0 Å². The van der Waals surface area contributed by atoms with Crippen LogP contribution in [0, 0.1) is 5.41 Å². The van der Waals surface area contributed by atoms with Gasteiger partial charge in [0.1, 0.15) is 24.2 Å². The number of amides is 2. The quantitative estimate of drug-likeness (QED) is 0.153. The van der Waals surface area contributed by atoms with Gasteiger partial charge >= 0.3 is 18.2 Å². The van der Waals surface area contributed by atoms with Gasteiger partial charge in [0.05, 0.1) is 30.4 Å². The van der Waals surface area contributed by atoms with E-state index in [2.05, 4.69) is 78.3 Å². The van der Waals surface area contributed by atoms with Crippen molar-refractivity contribution in [2.24, 2.45) is 5.41 Å². The molecule has 5 heterocycles. The van der Waals surface area contributed by atoms with E-state index < -0.39 is 48.4 Å². The zero-order chi connectivity index (χ0) is 47.7. The molecule has 362 valence electrons. The Bertz CT molecular complexity index is 2270. The number of aromatic nitrogens is 2. The van der Waals surface area contributed by atoms with Gasteiger partial charge in [0.25, 0.3) is 5.91 Å². The molecule has 4 aliphatic rings. The lowest BCUT2D eigenvalue weighted by atomic mass is 9.81. The van der Waals surface area contributed by atoms with Crippen molar-refractivity contribution in [3.8, 4) is 11.3 Å². The summed E-state index contributed by atoms with van der Waals surface area (Å²) in [6.45, 7) is 19.8. The highest BCUT2D eigenvalue weighted by Crippen LogP contribution is 2.44. The molecule has 2 atom stereocenters. The lowest BCUT2D eigenvalue weighted by Crippen LogP contribution is -2.62. The molecule has 1 saturated carbocycles. The second-order valence-corrected chi connectivity index (χ2v) is 20.8. The molecule has 0 radical (unpaired) electrons. The van der Waals surface area contributed by atoms with Crippen LogP contribution in [0.4, 0.5) is 23.7 Å². The molecule has 2 aromatic heterocycles. The number of alkyl halides is 3. The standard InChI is InChI=1S/C50H71F3N8O5/c1-10-49(7,8)27-39-37-25-33(34-13-11-19-57(29-34)30-41(55-47(64)66-48(4,5)6)45(62)61-20-12-14-40(56-61)46(63)65-9)15-18-42(37)60(31-50(51,52)53)44(39)38-26-36(28-54-43(38)32(2)3)59-23-21-58(22-24-59)35-16-17-35/h13,15,18,25-26,28,32,35,40-41,56H,10-12,14,16-17,19-24,27,29-31H2,1-9H3,(H,55,64)/t40-,41-/m0/s1. The highest BCUT2D eigenvalue weighted by Gasteiger charge is 2.37. The van der Waals surface area contributed by atoms with E-state index in [0.717, 1.165) is 71.6 Å². The summed E-state index contributed by atoms with van der Waals surface area (Å²) in [5, 5.41) is 4.97. The minimum Gasteiger partial charge on any atom is -0.468 e. The number of hydrogen-bond donors (Lipinski definition) is 2. The number of hydrogen-bond acceptors (Lipinski definition) is 10. The maximum absolute atomic E-state index is 14.9. The number of piperazine rings is 1. The summed E-state index contributed by atoms with van der Waals surface area (Å²) in [6, 6.07) is 6.86. The third kappa shape index (κ3) is 11.9. The molecule has 7 rings (SSSR count). The Morgan fingerprint density at radius 3 is 2.33 bits per heavy atom. The summed E-state index contributed by atoms with van der Waals surface area (Å²) >= 11 is 0. The predicted molar refractivity (Wildman–Crippen MR) is 252 cm³/mol. The molecule has 1 aromatic carbocycles. The van der Waals surface area contributed by atoms with E-state index in [1.807, 2.05) is 18.3 Å². The number of benzene rings is 1. The van der Waals surface area contributed by atoms with Gasteiger partial charge in [-0.15, -0.1) is 0 Å². The minimum absolute atomic E-state index is 0.0421. The second kappa shape index (κ2) is 19.9. The first-order valence-electron chi connectivity index (χ1n) is 23.9. The molecule has 0 unspecified atom stereocenters. The van der Waals surface area contributed by atoms with Gasteiger partial charge in [0.15, 0.2) is 0 Å². The molecule has 2 amide bonds. The number of nitrogens with zero attached hydrogens (tertiary/aromatic N) is 6. The average Bonchev–Trinajstić information content (AvgIpc) is 4.09. The Balaban J connectivity index is 1.25. The third-order valence-electron chi connectivity index (χ3n) is 13.5. The number of esters is 1. The zero-order valence-corrected chi connectivity index (χ0v) is 40.4. The van der Waals surface area contributed by atoms with Crippen molar-refractivity contribution in [3.05, 3.63) is 53.4 Å². The molecule has 66 heavy (non-hydrogen) atoms. The van der Waals surface area contributed by atoms with Crippen molar-refractivity contribution < 1.29 is 37.0 Å². The van der Waals surface area contributed by atoms with Gasteiger partial charge in [-0.1, -0.05) is 53.2 Å². The maximum Gasteiger partial charge on any atom is 0.408 e. The fourth-order valence-electron chi connectivity index (χ4n) is 9.64. The maximum atomic E-state index is 14.9. The number of alkyl carbamates (subject to hydrolysis) is 1. The molecule has 16 heteroatoms. The number of ether oxygens (including phenoxy) is 2. The molecule has 2 saturated heterocycles. The van der Waals surface area contributed by atoms with Crippen LogP contribution in [-0.2, 0) is 32.0 Å². The predicted octanol–water partition coefficient (Wildman–Crippen LogP) is 8.30. The number of pyridine rings is 1. The topological polar surface area (TPSA) is 125 Å². The Morgan fingerprint density at radius 1 is 0.970 bits per heavy atom. The second-order valence-electron chi connectivity index (χ2n) is 20.8. The molecular formula is C50H71F3N8O5. The first-order chi connectivity index (χ1) is 31.1. The first-order valence-corrected chi connectivity index (χ1v) is 23.9. The zero-order valence-electron chi connectivity index (χ0n) is 40.4. The lowest BCUT2D eigenvalue weighted by Gasteiger charge is -2.37. The van der Waals surface area contributed by atoms with Crippen LogP contribution in [-0.4, -0.2) is 132 Å². The molecule has 1 aliphatic carbocycles. The fraction of sp³-hybridized carbons (Fsp3) is 0.640. The molecule has 3 fully saturated rings. The summed E-state index contributed by atoms with van der Waals surface area (Å²) < 4.78 is 56.7. The van der Waals surface area contributed by atoms with Crippen LogP contribution < -0.4 is 15.6 Å². The summed E-state index contributed by atoms with van der Waals surface area (Å²) in [6.07, 6.45) is 4.43. The Morgan fingerprint density at radius 2 is 1.70 bits per heavy atom. The van der Waals surface area contributed by atoms with Crippen molar-refractivity contribution in [3.63, 3.8) is 0 Å². The summed E-state index contributed by atoms with van der Waals surface area (Å²) in [5.41, 5.74) is 8.23. The van der Waals surface area contributed by atoms with Crippen molar-refractivity contribution in [2.45, 2.75) is 143 Å². The highest BCUT2D eigenvalue weighted by molar-refractivity contribution is 5.95. The molecule has 2 N–H and O–H groups in total. The fourth-order valence-corrected chi connectivity index (χ4v) is 9.64. The van der Waals surface area contributed by atoms with E-state index in [0.29, 0.717) is 62.6 Å². The number of anilines is 1. The number of methoxy groups -OCH3 is 1. The van der Waals surface area contributed by atoms with Gasteiger partial charge in [0.2, 0.25) is 0 Å². The average molecular weight is 921 g/mol. The Kier molecular flexibility index (Phi) is 14.8. The molecule has 13 nitrogen and oxygen atoms in total. The Labute approximate surface area is 388 Å². The molecule has 0 spiro atoms. The van der Waals surface area contributed by atoms with E-state index in [9.17, 15) is 27.6 Å². The van der Waals surface area contributed by atoms with Gasteiger partial charge in [-0.3, -0.25) is 29.4 Å². The third-order valence-corrected chi connectivity index (χ3v) is 13.5. The number of nitrogens with one attached hydrogen (secondary N) is 2. The number of carbonyl (C=O) groups is 3. The van der Waals surface area contributed by atoms with Crippen LogP contribution in [0.3, 0.4) is 0 Å². The monoisotopic (exact) mass is 921 g/mol. The number of hydrazine groups is 1. The number of fused-ring (bicyclic) bond motifs is 1. The van der Waals surface area contributed by atoms with E-state index in [1.54, 1.807) is 20.8 Å². The van der Waals surface area contributed by atoms with Crippen LogP contribution in [0.5, 0.6) is 0 Å². The van der Waals surface area contributed by atoms with Crippen molar-refractivity contribution in [2.75, 3.05) is 64.4 Å². The number of rotatable bonds is 14. The van der Waals surface area contributed by atoms with Gasteiger partial charge in [0, 0.05) is 74.9 Å². The van der Waals surface area contributed by atoms with E-state index in [-0.39, 0.29) is 17.9 Å². The van der Waals surface area contributed by atoms with Crippen LogP contribution >= 0.6 is 0 Å². The lowest BCUT2D eigenvalue weighted by molar-refractivity contribution is -0.150. The van der Waals surface area contributed by atoms with Gasteiger partial charge in [-0.2, -0.15) is 13.2 Å². The van der Waals surface area contributed by atoms with Crippen LogP contribution in [0.1, 0.15) is 117 Å². The highest BCUT2D eigenvalue weighted by atomic mass is 19.4. The van der Waals surface area contributed by atoms with Gasteiger partial charge < -0.3 is 24.3 Å². The smallest absolute Gasteiger partial charge is 0.408 e. The number of carbonyl (C=O) groups excluding carboxylic acids is 3. The van der Waals surface area contributed by atoms with Crippen LogP contribution in [0.2, 0.25) is 0 Å². The SMILES string of the molecule is CCC(C)(C)Cc1c(-c2cc(N3CCN(C4CC4)CC3)cnc2C(C)C)n(CC(F)(F)F)c2ccc(C3=CCCN(C[C@H](NC(=O)OC(C)(C)C)C(=O)N4CCC[C@@H](C(=O)OC)N4)C3)cc12. The normalized spacial score (nSPS) is 19.8. The van der Waals surface area contributed by atoms with Gasteiger partial charge in [-0.05, 0) is 106 Å². The number of halogens is 3. The summed E-state index contributed by atoms with van der Waals surface area (Å²) in [7, 11) is 1.30. The molecule has 3 aliphatic heterocycles. The van der Waals surface area contributed by atoms with Crippen molar-refractivity contribution in [1.82, 2.24) is 35.1 Å². The van der Waals surface area contributed by atoms with Crippen LogP contribution in [0.25, 0.3) is 27.7 Å². The minimum atomic E-state index is -4.49. The molecule has 0 bridgehead atoms. The molecular weight excluding hydrogens is 850 g/mol. The van der Waals surface area contributed by atoms with Crippen LogP contribution in [0.15, 0.2) is 36.5 Å². The van der Waals surface area contributed by atoms with Crippen molar-refractivity contribution >= 4 is 40.1 Å². The molecule has 3 aromatic rings. The van der Waals surface area contributed by atoms with Gasteiger partial charge in [-0.25, -0.2) is 10.2 Å². The summed E-state index contributed by atoms with van der Waals surface area (Å²) in [4.78, 5) is 51.8. The van der Waals surface area contributed by atoms with Crippen molar-refractivity contribution in [1.29, 1.82) is 0 Å². The largest absolute Gasteiger partial charge is 0.468 e. The van der Waals surface area contributed by atoms with E-state index in [1.165, 1.54) is 29.5 Å². The van der Waals surface area contributed by atoms with E-state index in [4.69, 9.17) is 14.5 Å². The first kappa shape index (κ1) is 49.2. The summed E-state index contributed by atoms with van der Waals surface area (Å²) in [5.74, 6) is -0.925.